The SMILES string of the molecule is O=c1[nH]c(CN2CCCN(Cc3ccc(F)cc3)CC2)nc2sc(-c3ccccc3)cc12. The van der Waals surface area contributed by atoms with Gasteiger partial charge in [0.15, 0.2) is 0 Å². The van der Waals surface area contributed by atoms with Gasteiger partial charge in [-0.15, -0.1) is 11.3 Å². The van der Waals surface area contributed by atoms with Crippen LogP contribution in [0.1, 0.15) is 17.8 Å². The highest BCUT2D eigenvalue weighted by molar-refractivity contribution is 7.21. The molecule has 5 nitrogen and oxygen atoms in total. The molecule has 0 saturated carbocycles. The van der Waals surface area contributed by atoms with Crippen LogP contribution in [0.5, 0.6) is 0 Å². The second-order valence-corrected chi connectivity index (χ2v) is 9.27. The molecule has 1 N–H and O–H groups in total. The second kappa shape index (κ2) is 9.32. The Morgan fingerprint density at radius 1 is 0.938 bits per heavy atom. The van der Waals surface area contributed by atoms with Crippen molar-refractivity contribution >= 4 is 21.6 Å². The highest BCUT2D eigenvalue weighted by atomic mass is 32.1. The van der Waals surface area contributed by atoms with Crippen molar-refractivity contribution in [2.24, 2.45) is 0 Å². The largest absolute Gasteiger partial charge is 0.309 e. The van der Waals surface area contributed by atoms with E-state index in [0.29, 0.717) is 11.9 Å². The summed E-state index contributed by atoms with van der Waals surface area (Å²) in [5.74, 6) is 0.520. The molecule has 1 aliphatic heterocycles. The first-order valence-corrected chi connectivity index (χ1v) is 11.7. The molecule has 0 radical (unpaired) electrons. The van der Waals surface area contributed by atoms with Crippen LogP contribution in [0.15, 0.2) is 65.5 Å². The van der Waals surface area contributed by atoms with Crippen molar-refractivity contribution in [2.45, 2.75) is 19.5 Å². The molecule has 4 aromatic rings. The van der Waals surface area contributed by atoms with E-state index in [4.69, 9.17) is 4.98 Å². The van der Waals surface area contributed by atoms with E-state index in [9.17, 15) is 9.18 Å². The molecule has 0 spiro atoms. The zero-order valence-corrected chi connectivity index (χ0v) is 18.6. The number of thiophene rings is 1. The zero-order valence-electron chi connectivity index (χ0n) is 17.8. The maximum absolute atomic E-state index is 13.2. The zero-order chi connectivity index (χ0) is 21.9. The fourth-order valence-corrected chi connectivity index (χ4v) is 5.25. The lowest BCUT2D eigenvalue weighted by Crippen LogP contribution is -2.31. The molecule has 2 aromatic carbocycles. The van der Waals surface area contributed by atoms with E-state index in [-0.39, 0.29) is 11.4 Å². The molecule has 0 unspecified atom stereocenters. The number of rotatable bonds is 5. The fourth-order valence-electron chi connectivity index (χ4n) is 4.20. The normalized spacial score (nSPS) is 15.8. The van der Waals surface area contributed by atoms with Crippen molar-refractivity contribution in [3.8, 4) is 10.4 Å². The molecule has 0 amide bonds. The Labute approximate surface area is 190 Å². The van der Waals surface area contributed by atoms with Crippen molar-refractivity contribution < 1.29 is 4.39 Å². The number of hydrogen-bond acceptors (Lipinski definition) is 5. The molecular formula is C25H25FN4OS. The summed E-state index contributed by atoms with van der Waals surface area (Å²) in [5.41, 5.74) is 2.16. The third kappa shape index (κ3) is 4.80. The van der Waals surface area contributed by atoms with Gasteiger partial charge in [0.05, 0.1) is 11.9 Å². The third-order valence-corrected chi connectivity index (χ3v) is 6.96. The van der Waals surface area contributed by atoms with Crippen molar-refractivity contribution in [3.63, 3.8) is 0 Å². The lowest BCUT2D eigenvalue weighted by molar-refractivity contribution is 0.244. The Morgan fingerprint density at radius 2 is 1.66 bits per heavy atom. The topological polar surface area (TPSA) is 52.2 Å². The van der Waals surface area contributed by atoms with Gasteiger partial charge >= 0.3 is 0 Å². The highest BCUT2D eigenvalue weighted by Gasteiger charge is 2.17. The van der Waals surface area contributed by atoms with Crippen molar-refractivity contribution in [2.75, 3.05) is 26.2 Å². The molecule has 3 heterocycles. The summed E-state index contributed by atoms with van der Waals surface area (Å²) in [7, 11) is 0. The van der Waals surface area contributed by atoms with Gasteiger partial charge in [0.1, 0.15) is 16.5 Å². The monoisotopic (exact) mass is 448 g/mol. The molecule has 0 atom stereocenters. The summed E-state index contributed by atoms with van der Waals surface area (Å²) in [4.78, 5) is 27.0. The third-order valence-electron chi connectivity index (χ3n) is 5.88. The van der Waals surface area contributed by atoms with E-state index in [1.807, 2.05) is 36.4 Å². The summed E-state index contributed by atoms with van der Waals surface area (Å²) in [6.07, 6.45) is 1.05. The predicted molar refractivity (Wildman–Crippen MR) is 127 cm³/mol. The molecule has 1 saturated heterocycles. The molecule has 1 aliphatic rings. The molecule has 2 aromatic heterocycles. The predicted octanol–water partition coefficient (Wildman–Crippen LogP) is 4.50. The van der Waals surface area contributed by atoms with Crippen LogP contribution in [0.4, 0.5) is 4.39 Å². The van der Waals surface area contributed by atoms with Crippen LogP contribution in [0.3, 0.4) is 0 Å². The second-order valence-electron chi connectivity index (χ2n) is 8.24. The molecule has 164 valence electrons. The van der Waals surface area contributed by atoms with Crippen molar-refractivity contribution in [3.05, 3.63) is 88.2 Å². The van der Waals surface area contributed by atoms with E-state index in [0.717, 1.165) is 65.8 Å². The van der Waals surface area contributed by atoms with Gasteiger partial charge in [-0.05, 0) is 48.8 Å². The summed E-state index contributed by atoms with van der Waals surface area (Å²) in [5, 5.41) is 0.652. The minimum Gasteiger partial charge on any atom is -0.309 e. The molecule has 0 bridgehead atoms. The maximum atomic E-state index is 13.2. The van der Waals surface area contributed by atoms with Crippen LogP contribution in [-0.2, 0) is 13.1 Å². The number of aromatic nitrogens is 2. The molecule has 1 fully saturated rings. The number of halogens is 1. The highest BCUT2D eigenvalue weighted by Crippen LogP contribution is 2.30. The van der Waals surface area contributed by atoms with E-state index < -0.39 is 0 Å². The summed E-state index contributed by atoms with van der Waals surface area (Å²) in [6, 6.07) is 18.8. The minimum absolute atomic E-state index is 0.0730. The Kier molecular flexibility index (Phi) is 6.12. The number of hydrogen-bond donors (Lipinski definition) is 1. The van der Waals surface area contributed by atoms with E-state index in [1.165, 1.54) is 12.1 Å². The van der Waals surface area contributed by atoms with E-state index >= 15 is 0 Å². The quantitative estimate of drug-likeness (QED) is 0.489. The van der Waals surface area contributed by atoms with Gasteiger partial charge in [-0.3, -0.25) is 14.6 Å². The average Bonchev–Trinajstić information content (AvgIpc) is 3.12. The smallest absolute Gasteiger partial charge is 0.259 e. The van der Waals surface area contributed by atoms with Gasteiger partial charge in [0.2, 0.25) is 0 Å². The van der Waals surface area contributed by atoms with Crippen molar-refractivity contribution in [1.29, 1.82) is 0 Å². The fraction of sp³-hybridized carbons (Fsp3) is 0.280. The van der Waals surface area contributed by atoms with Crippen LogP contribution in [0, 0.1) is 5.82 Å². The first kappa shape index (κ1) is 21.0. The number of H-pyrrole nitrogens is 1. The lowest BCUT2D eigenvalue weighted by atomic mass is 10.2. The van der Waals surface area contributed by atoms with Gasteiger partial charge in [-0.2, -0.15) is 0 Å². The Morgan fingerprint density at radius 3 is 2.41 bits per heavy atom. The average molecular weight is 449 g/mol. The van der Waals surface area contributed by atoms with E-state index in [2.05, 4.69) is 26.9 Å². The van der Waals surface area contributed by atoms with Crippen LogP contribution < -0.4 is 5.56 Å². The van der Waals surface area contributed by atoms with Gasteiger partial charge in [-0.1, -0.05) is 42.5 Å². The maximum Gasteiger partial charge on any atom is 0.259 e. The molecular weight excluding hydrogens is 423 g/mol. The van der Waals surface area contributed by atoms with Crippen molar-refractivity contribution in [1.82, 2.24) is 19.8 Å². The Balaban J connectivity index is 1.27. The van der Waals surface area contributed by atoms with E-state index in [1.54, 1.807) is 11.3 Å². The number of nitrogens with one attached hydrogen (secondary N) is 1. The van der Waals surface area contributed by atoms with Crippen LogP contribution >= 0.6 is 11.3 Å². The number of aromatic amines is 1. The summed E-state index contributed by atoms with van der Waals surface area (Å²) in [6.45, 7) is 5.26. The molecule has 7 heteroatoms. The summed E-state index contributed by atoms with van der Waals surface area (Å²) >= 11 is 1.56. The standard InChI is InChI=1S/C25H25FN4OS/c26-20-9-7-18(8-10-20)16-29-11-4-12-30(14-13-29)17-23-27-24(31)21-15-22(32-25(21)28-23)19-5-2-1-3-6-19/h1-3,5-10,15H,4,11-14,16-17H2,(H,27,28,31). The van der Waals surface area contributed by atoms with Crippen LogP contribution in [0.2, 0.25) is 0 Å². The number of benzene rings is 2. The molecule has 5 rings (SSSR count). The van der Waals surface area contributed by atoms with Gasteiger partial charge < -0.3 is 4.98 Å². The first-order chi connectivity index (χ1) is 15.6. The first-order valence-electron chi connectivity index (χ1n) is 10.9. The Hall–Kier alpha value is -2.87. The van der Waals surface area contributed by atoms with Crippen LogP contribution in [0.25, 0.3) is 20.7 Å². The summed E-state index contributed by atoms with van der Waals surface area (Å²) < 4.78 is 13.2. The molecule has 0 aliphatic carbocycles. The van der Waals surface area contributed by atoms with Gasteiger partial charge in [-0.25, -0.2) is 9.37 Å². The van der Waals surface area contributed by atoms with Gasteiger partial charge in [0.25, 0.3) is 5.56 Å². The Bertz CT molecular complexity index is 1250. The lowest BCUT2D eigenvalue weighted by Gasteiger charge is -2.21. The van der Waals surface area contributed by atoms with Crippen LogP contribution in [-0.4, -0.2) is 45.9 Å². The number of fused-ring (bicyclic) bond motifs is 1. The number of nitrogens with zero attached hydrogens (tertiary/aromatic N) is 3. The van der Waals surface area contributed by atoms with Gasteiger partial charge in [0, 0.05) is 24.5 Å². The minimum atomic E-state index is -0.198. The molecule has 32 heavy (non-hydrogen) atoms.